The lowest BCUT2D eigenvalue weighted by Crippen LogP contribution is -2.54. The first-order valence-corrected chi connectivity index (χ1v) is 9.76. The summed E-state index contributed by atoms with van der Waals surface area (Å²) in [5, 5.41) is 6.96. The molecule has 1 heterocycles. The molecule has 0 amide bonds. The highest BCUT2D eigenvalue weighted by Crippen LogP contribution is 2.19. The van der Waals surface area contributed by atoms with Crippen molar-refractivity contribution < 1.29 is 0 Å². The third-order valence-electron chi connectivity index (χ3n) is 5.24. The summed E-state index contributed by atoms with van der Waals surface area (Å²) in [6, 6.07) is 0.629. The van der Waals surface area contributed by atoms with E-state index < -0.39 is 0 Å². The average Bonchev–Trinajstić information content (AvgIpc) is 2.57. The van der Waals surface area contributed by atoms with Crippen LogP contribution in [0.5, 0.6) is 0 Å². The highest BCUT2D eigenvalue weighted by molar-refractivity contribution is 5.79. The highest BCUT2D eigenvalue weighted by atomic mass is 15.2. The van der Waals surface area contributed by atoms with Gasteiger partial charge in [0.2, 0.25) is 0 Å². The Labute approximate surface area is 150 Å². The fraction of sp³-hybridized carbons (Fsp3) is 0.947. The van der Waals surface area contributed by atoms with E-state index in [0.29, 0.717) is 6.04 Å². The molecule has 0 aliphatic carbocycles. The van der Waals surface area contributed by atoms with Gasteiger partial charge in [0.15, 0.2) is 5.96 Å². The Bertz CT molecular complexity index is 359. The van der Waals surface area contributed by atoms with Gasteiger partial charge in [-0.2, -0.15) is 0 Å². The summed E-state index contributed by atoms with van der Waals surface area (Å²) in [5.74, 6) is 0.928. The molecule has 0 saturated carbocycles. The number of guanidine groups is 1. The van der Waals surface area contributed by atoms with E-state index in [1.54, 1.807) is 0 Å². The van der Waals surface area contributed by atoms with E-state index >= 15 is 0 Å². The van der Waals surface area contributed by atoms with Gasteiger partial charge in [-0.1, -0.05) is 6.42 Å². The Hall–Kier alpha value is -0.810. The van der Waals surface area contributed by atoms with E-state index in [9.17, 15) is 0 Å². The number of likely N-dealkylation sites (tertiary alicyclic amines) is 1. The van der Waals surface area contributed by atoms with Gasteiger partial charge in [0, 0.05) is 31.7 Å². The van der Waals surface area contributed by atoms with Gasteiger partial charge in [0.05, 0.1) is 0 Å². The second-order valence-corrected chi connectivity index (χ2v) is 7.99. The first-order valence-electron chi connectivity index (χ1n) is 9.76. The van der Waals surface area contributed by atoms with E-state index in [1.807, 2.05) is 7.05 Å². The van der Waals surface area contributed by atoms with Gasteiger partial charge in [-0.25, -0.2) is 0 Å². The van der Waals surface area contributed by atoms with Crippen LogP contribution in [0.4, 0.5) is 0 Å². The van der Waals surface area contributed by atoms with E-state index in [-0.39, 0.29) is 5.54 Å². The number of rotatable bonds is 9. The molecule has 5 heteroatoms. The van der Waals surface area contributed by atoms with Crippen molar-refractivity contribution in [1.29, 1.82) is 0 Å². The lowest BCUT2D eigenvalue weighted by atomic mass is 9.98. The number of piperidine rings is 1. The van der Waals surface area contributed by atoms with Crippen molar-refractivity contribution in [3.8, 4) is 0 Å². The van der Waals surface area contributed by atoms with Crippen LogP contribution in [-0.4, -0.2) is 74.2 Å². The molecule has 1 rings (SSSR count). The molecule has 0 aromatic heterocycles. The van der Waals surface area contributed by atoms with Gasteiger partial charge in [0.1, 0.15) is 0 Å². The molecule has 1 saturated heterocycles. The summed E-state index contributed by atoms with van der Waals surface area (Å²) in [6.45, 7) is 14.7. The monoisotopic (exact) mass is 339 g/mol. The number of hydrogen-bond acceptors (Lipinski definition) is 3. The van der Waals surface area contributed by atoms with Gasteiger partial charge in [-0.15, -0.1) is 0 Å². The molecule has 0 aromatic rings. The molecule has 1 aliphatic rings. The molecule has 0 bridgehead atoms. The molecule has 0 unspecified atom stereocenters. The lowest BCUT2D eigenvalue weighted by Gasteiger charge is -2.41. The summed E-state index contributed by atoms with van der Waals surface area (Å²) in [4.78, 5) is 9.37. The van der Waals surface area contributed by atoms with Gasteiger partial charge < -0.3 is 15.5 Å². The van der Waals surface area contributed by atoms with Crippen molar-refractivity contribution in [1.82, 2.24) is 20.4 Å². The number of hydrogen-bond donors (Lipinski definition) is 2. The maximum absolute atomic E-state index is 4.36. The van der Waals surface area contributed by atoms with Crippen LogP contribution in [0.3, 0.4) is 0 Å². The number of aliphatic imine (C=N–C) groups is 1. The summed E-state index contributed by atoms with van der Waals surface area (Å²) < 4.78 is 0. The molecule has 1 fully saturated rings. The van der Waals surface area contributed by atoms with Gasteiger partial charge in [0.25, 0.3) is 0 Å². The third kappa shape index (κ3) is 7.84. The Morgan fingerprint density at radius 3 is 2.38 bits per heavy atom. The zero-order valence-electron chi connectivity index (χ0n) is 17.0. The number of nitrogens with zero attached hydrogens (tertiary/aromatic N) is 3. The fourth-order valence-electron chi connectivity index (χ4n) is 3.08. The van der Waals surface area contributed by atoms with Crippen molar-refractivity contribution in [2.45, 2.75) is 71.4 Å². The molecular formula is C19H41N5. The Balaban J connectivity index is 2.22. The minimum atomic E-state index is 0.179. The van der Waals surface area contributed by atoms with Crippen LogP contribution >= 0.6 is 0 Å². The first-order chi connectivity index (χ1) is 11.4. The van der Waals surface area contributed by atoms with Crippen molar-refractivity contribution >= 4 is 5.96 Å². The topological polar surface area (TPSA) is 42.9 Å². The number of nitrogens with one attached hydrogen (secondary N) is 2. The molecule has 0 radical (unpaired) electrons. The maximum Gasteiger partial charge on any atom is 0.191 e. The summed E-state index contributed by atoms with van der Waals surface area (Å²) in [6.07, 6.45) is 6.45. The average molecular weight is 340 g/mol. The molecule has 0 spiro atoms. The third-order valence-corrected chi connectivity index (χ3v) is 5.24. The van der Waals surface area contributed by atoms with Crippen LogP contribution in [0, 0.1) is 0 Å². The van der Waals surface area contributed by atoms with E-state index in [4.69, 9.17) is 0 Å². The SMILES string of the molecule is CN=C(NCCCCN(C)C(C)C)NCC(C)(C)N1CCCCC1. The standard InChI is InChI=1S/C19H41N5/c1-17(2)23(6)13-11-8-12-21-18(20-5)22-16-19(3,4)24-14-9-7-10-15-24/h17H,7-16H2,1-6H3,(H2,20,21,22). The van der Waals surface area contributed by atoms with Gasteiger partial charge >= 0.3 is 0 Å². The van der Waals surface area contributed by atoms with E-state index in [0.717, 1.165) is 25.6 Å². The Morgan fingerprint density at radius 2 is 1.79 bits per heavy atom. The van der Waals surface area contributed by atoms with Crippen LogP contribution in [0.1, 0.15) is 59.8 Å². The van der Waals surface area contributed by atoms with Crippen LogP contribution in [0.15, 0.2) is 4.99 Å². The largest absolute Gasteiger partial charge is 0.356 e. The summed E-state index contributed by atoms with van der Waals surface area (Å²) in [5.41, 5.74) is 0.179. The smallest absolute Gasteiger partial charge is 0.191 e. The lowest BCUT2D eigenvalue weighted by molar-refractivity contribution is 0.0982. The highest BCUT2D eigenvalue weighted by Gasteiger charge is 2.27. The molecule has 142 valence electrons. The second kappa shape index (κ2) is 10.9. The van der Waals surface area contributed by atoms with Gasteiger partial charge in [-0.3, -0.25) is 9.89 Å². The molecule has 5 nitrogen and oxygen atoms in total. The van der Waals surface area contributed by atoms with Crippen molar-refractivity contribution in [2.75, 3.05) is 46.8 Å². The van der Waals surface area contributed by atoms with Crippen LogP contribution in [0.2, 0.25) is 0 Å². The Morgan fingerprint density at radius 1 is 1.12 bits per heavy atom. The van der Waals surface area contributed by atoms with Crippen LogP contribution in [0.25, 0.3) is 0 Å². The minimum absolute atomic E-state index is 0.179. The van der Waals surface area contributed by atoms with Gasteiger partial charge in [-0.05, 0) is 80.1 Å². The predicted molar refractivity (Wildman–Crippen MR) is 106 cm³/mol. The fourth-order valence-corrected chi connectivity index (χ4v) is 3.08. The zero-order valence-corrected chi connectivity index (χ0v) is 17.0. The number of unbranched alkanes of at least 4 members (excludes halogenated alkanes) is 1. The molecule has 1 aliphatic heterocycles. The Kier molecular flexibility index (Phi) is 9.67. The van der Waals surface area contributed by atoms with Crippen LogP contribution < -0.4 is 10.6 Å². The molecule has 2 N–H and O–H groups in total. The quantitative estimate of drug-likeness (QED) is 0.385. The summed E-state index contributed by atoms with van der Waals surface area (Å²) >= 11 is 0. The molecule has 0 aromatic carbocycles. The zero-order chi connectivity index (χ0) is 18.0. The van der Waals surface area contributed by atoms with E-state index in [2.05, 4.69) is 60.2 Å². The molecule has 24 heavy (non-hydrogen) atoms. The second-order valence-electron chi connectivity index (χ2n) is 7.99. The first kappa shape index (κ1) is 21.2. The minimum Gasteiger partial charge on any atom is -0.356 e. The van der Waals surface area contributed by atoms with Crippen LogP contribution in [-0.2, 0) is 0 Å². The normalized spacial score (nSPS) is 17.6. The van der Waals surface area contributed by atoms with Crippen molar-refractivity contribution in [2.24, 2.45) is 4.99 Å². The van der Waals surface area contributed by atoms with E-state index in [1.165, 1.54) is 45.2 Å². The molecule has 0 atom stereocenters. The summed E-state index contributed by atoms with van der Waals surface area (Å²) in [7, 11) is 4.05. The van der Waals surface area contributed by atoms with Crippen molar-refractivity contribution in [3.63, 3.8) is 0 Å². The maximum atomic E-state index is 4.36. The molecular weight excluding hydrogens is 298 g/mol. The predicted octanol–water partition coefficient (Wildman–Crippen LogP) is 2.54. The van der Waals surface area contributed by atoms with Crippen molar-refractivity contribution in [3.05, 3.63) is 0 Å².